The number of amides is 1. The van der Waals surface area contributed by atoms with Crippen LogP contribution in [0, 0.1) is 0 Å². The second-order valence-corrected chi connectivity index (χ2v) is 6.94. The van der Waals surface area contributed by atoms with Crippen LogP contribution in [0.1, 0.15) is 40.5 Å². The van der Waals surface area contributed by atoms with E-state index in [4.69, 9.17) is 10.5 Å². The first kappa shape index (κ1) is 20.2. The van der Waals surface area contributed by atoms with Gasteiger partial charge < -0.3 is 21.1 Å². The third-order valence-electron chi connectivity index (χ3n) is 3.44. The van der Waals surface area contributed by atoms with Gasteiger partial charge in [0.1, 0.15) is 12.1 Å². The van der Waals surface area contributed by atoms with E-state index in [0.29, 0.717) is 19.0 Å². The number of primary amides is 1. The molecular formula is C16H31N5O3. The molecule has 1 rings (SSSR count). The Labute approximate surface area is 144 Å². The summed E-state index contributed by atoms with van der Waals surface area (Å²) in [6, 6.07) is 0.255. The van der Waals surface area contributed by atoms with Crippen molar-refractivity contribution in [3.63, 3.8) is 0 Å². The molecule has 0 atom stereocenters. The molecule has 0 radical (unpaired) electrons. The summed E-state index contributed by atoms with van der Waals surface area (Å²) in [4.78, 5) is 29.1. The summed E-state index contributed by atoms with van der Waals surface area (Å²) < 4.78 is 5.26. The molecule has 138 valence electrons. The molecule has 0 saturated carbocycles. The number of nitrogens with two attached hydrogens (primary N) is 1. The van der Waals surface area contributed by atoms with Crippen LogP contribution in [0.4, 0.5) is 0 Å². The highest BCUT2D eigenvalue weighted by Gasteiger charge is 2.21. The van der Waals surface area contributed by atoms with Crippen molar-refractivity contribution < 1.29 is 14.3 Å². The Morgan fingerprint density at radius 3 is 2.42 bits per heavy atom. The fourth-order valence-corrected chi connectivity index (χ4v) is 2.49. The second-order valence-electron chi connectivity index (χ2n) is 6.94. The van der Waals surface area contributed by atoms with Crippen molar-refractivity contribution in [3.05, 3.63) is 0 Å². The maximum Gasteiger partial charge on any atom is 0.328 e. The summed E-state index contributed by atoms with van der Waals surface area (Å²) in [6.07, 6.45) is 1.79. The Balaban J connectivity index is 2.47. The minimum Gasteiger partial charge on any atom is -0.459 e. The number of aliphatic imine (C=N–C) groups is 1. The molecular weight excluding hydrogens is 310 g/mol. The molecule has 4 N–H and O–H groups in total. The van der Waals surface area contributed by atoms with Crippen LogP contribution in [-0.2, 0) is 14.3 Å². The maximum absolute atomic E-state index is 11.8. The highest BCUT2D eigenvalue weighted by Crippen LogP contribution is 2.10. The predicted molar refractivity (Wildman–Crippen MR) is 93.6 cm³/mol. The number of carbonyl (C=O) groups is 2. The summed E-state index contributed by atoms with van der Waals surface area (Å²) in [5, 5.41) is 6.47. The van der Waals surface area contributed by atoms with E-state index < -0.39 is 5.60 Å². The van der Waals surface area contributed by atoms with Gasteiger partial charge in [-0.25, -0.2) is 4.99 Å². The van der Waals surface area contributed by atoms with Gasteiger partial charge in [0.2, 0.25) is 5.91 Å². The highest BCUT2D eigenvalue weighted by molar-refractivity contribution is 5.83. The van der Waals surface area contributed by atoms with Gasteiger partial charge in [-0.1, -0.05) is 0 Å². The van der Waals surface area contributed by atoms with E-state index >= 15 is 0 Å². The predicted octanol–water partition coefficient (Wildman–Crippen LogP) is -0.167. The summed E-state index contributed by atoms with van der Waals surface area (Å²) in [7, 11) is 0. The smallest absolute Gasteiger partial charge is 0.328 e. The van der Waals surface area contributed by atoms with Crippen LogP contribution in [0.15, 0.2) is 4.99 Å². The van der Waals surface area contributed by atoms with Gasteiger partial charge >= 0.3 is 5.97 Å². The van der Waals surface area contributed by atoms with Gasteiger partial charge in [0.15, 0.2) is 5.96 Å². The Kier molecular flexibility index (Phi) is 7.97. The van der Waals surface area contributed by atoms with Crippen molar-refractivity contribution in [2.24, 2.45) is 10.7 Å². The first-order valence-corrected chi connectivity index (χ1v) is 8.47. The van der Waals surface area contributed by atoms with Gasteiger partial charge in [-0.15, -0.1) is 0 Å². The maximum atomic E-state index is 11.8. The normalized spacial score (nSPS) is 17.4. The van der Waals surface area contributed by atoms with E-state index in [1.807, 2.05) is 32.6 Å². The van der Waals surface area contributed by atoms with Crippen molar-refractivity contribution in [1.29, 1.82) is 0 Å². The number of nitrogens with zero attached hydrogens (tertiary/aromatic N) is 2. The number of guanidine groups is 1. The van der Waals surface area contributed by atoms with E-state index in [9.17, 15) is 9.59 Å². The van der Waals surface area contributed by atoms with E-state index in [2.05, 4.69) is 15.6 Å². The molecule has 0 aromatic rings. The van der Waals surface area contributed by atoms with Crippen LogP contribution in [0.3, 0.4) is 0 Å². The van der Waals surface area contributed by atoms with E-state index in [1.165, 1.54) is 0 Å². The number of ether oxygens (including phenoxy) is 1. The fraction of sp³-hybridized carbons (Fsp3) is 0.812. The minimum absolute atomic E-state index is 0.0207. The average Bonchev–Trinajstić information content (AvgIpc) is 2.44. The Bertz CT molecular complexity index is 451. The zero-order chi connectivity index (χ0) is 18.2. The van der Waals surface area contributed by atoms with E-state index in [1.54, 1.807) is 0 Å². The van der Waals surface area contributed by atoms with Gasteiger partial charge in [0.25, 0.3) is 0 Å². The lowest BCUT2D eigenvalue weighted by molar-refractivity contribution is -0.152. The van der Waals surface area contributed by atoms with Crippen molar-refractivity contribution in [1.82, 2.24) is 15.5 Å². The van der Waals surface area contributed by atoms with Gasteiger partial charge in [-0.2, -0.15) is 0 Å². The molecule has 8 heteroatoms. The molecule has 0 bridgehead atoms. The fourth-order valence-electron chi connectivity index (χ4n) is 2.49. The van der Waals surface area contributed by atoms with Crippen LogP contribution in [0.2, 0.25) is 0 Å². The van der Waals surface area contributed by atoms with Crippen molar-refractivity contribution >= 4 is 17.8 Å². The standard InChI is InChI=1S/C16H31N5O3/c1-5-18-15(19-10-14(23)24-16(2,3)4)20-12-6-8-21(9-7-12)11-13(17)22/h12H,5-11H2,1-4H3,(H2,17,22)(H2,18,19,20). The topological polar surface area (TPSA) is 109 Å². The van der Waals surface area contributed by atoms with Crippen LogP contribution < -0.4 is 16.4 Å². The molecule has 0 unspecified atom stereocenters. The zero-order valence-corrected chi connectivity index (χ0v) is 15.2. The van der Waals surface area contributed by atoms with Gasteiger partial charge in [-0.05, 0) is 40.5 Å². The first-order valence-electron chi connectivity index (χ1n) is 8.47. The SMILES string of the molecule is CCNC(=NCC(=O)OC(C)(C)C)NC1CCN(CC(N)=O)CC1. The Morgan fingerprint density at radius 2 is 1.92 bits per heavy atom. The lowest BCUT2D eigenvalue weighted by Crippen LogP contribution is -2.50. The van der Waals surface area contributed by atoms with Gasteiger partial charge in [0.05, 0.1) is 6.54 Å². The molecule has 8 nitrogen and oxygen atoms in total. The molecule has 1 aliphatic rings. The molecule has 1 saturated heterocycles. The van der Waals surface area contributed by atoms with Crippen LogP contribution in [0.25, 0.3) is 0 Å². The van der Waals surface area contributed by atoms with E-state index in [0.717, 1.165) is 25.9 Å². The monoisotopic (exact) mass is 341 g/mol. The Morgan fingerprint density at radius 1 is 1.29 bits per heavy atom. The second kappa shape index (κ2) is 9.46. The molecule has 24 heavy (non-hydrogen) atoms. The van der Waals surface area contributed by atoms with Crippen LogP contribution in [0.5, 0.6) is 0 Å². The number of carbonyl (C=O) groups excluding carboxylic acids is 2. The number of rotatable bonds is 6. The third-order valence-corrected chi connectivity index (χ3v) is 3.44. The lowest BCUT2D eigenvalue weighted by atomic mass is 10.1. The van der Waals surface area contributed by atoms with Crippen LogP contribution >= 0.6 is 0 Å². The van der Waals surface area contributed by atoms with Gasteiger partial charge in [-0.3, -0.25) is 14.5 Å². The summed E-state index contributed by atoms with van der Waals surface area (Å²) in [5.74, 6) is -0.0404. The molecule has 0 aromatic carbocycles. The average molecular weight is 341 g/mol. The largest absolute Gasteiger partial charge is 0.459 e. The molecule has 1 amide bonds. The minimum atomic E-state index is -0.508. The highest BCUT2D eigenvalue weighted by atomic mass is 16.6. The summed E-state index contributed by atoms with van der Waals surface area (Å²) in [6.45, 7) is 10.1. The first-order chi connectivity index (χ1) is 11.2. The van der Waals surface area contributed by atoms with Crippen molar-refractivity contribution in [2.45, 2.75) is 52.2 Å². The number of nitrogens with one attached hydrogen (secondary N) is 2. The van der Waals surface area contributed by atoms with Crippen molar-refractivity contribution in [2.75, 3.05) is 32.7 Å². The molecule has 1 aliphatic heterocycles. The molecule has 1 fully saturated rings. The quantitative estimate of drug-likeness (QED) is 0.352. The van der Waals surface area contributed by atoms with Crippen molar-refractivity contribution in [3.8, 4) is 0 Å². The number of hydrogen-bond acceptors (Lipinski definition) is 5. The summed E-state index contributed by atoms with van der Waals surface area (Å²) >= 11 is 0. The number of likely N-dealkylation sites (tertiary alicyclic amines) is 1. The number of hydrogen-bond donors (Lipinski definition) is 3. The van der Waals surface area contributed by atoms with Gasteiger partial charge in [0, 0.05) is 25.7 Å². The number of esters is 1. The Hall–Kier alpha value is -1.83. The molecule has 0 aromatic heterocycles. The van der Waals surface area contributed by atoms with E-state index in [-0.39, 0.29) is 24.5 Å². The van der Waals surface area contributed by atoms with Crippen LogP contribution in [-0.4, -0.2) is 67.1 Å². The lowest BCUT2D eigenvalue weighted by Gasteiger charge is -2.32. The molecule has 0 spiro atoms. The number of piperidine rings is 1. The molecule has 1 heterocycles. The third kappa shape index (κ3) is 8.71. The molecule has 0 aliphatic carbocycles. The summed E-state index contributed by atoms with van der Waals surface area (Å²) in [5.41, 5.74) is 4.71. The zero-order valence-electron chi connectivity index (χ0n) is 15.2.